The smallest absolute Gasteiger partial charge is 0.344 e. The van der Waals surface area contributed by atoms with Crippen LogP contribution in [0.4, 0.5) is 0 Å². The third-order valence-corrected chi connectivity index (χ3v) is 4.61. The van der Waals surface area contributed by atoms with Crippen LogP contribution in [0.2, 0.25) is 0 Å². The first-order valence-corrected chi connectivity index (χ1v) is 9.67. The van der Waals surface area contributed by atoms with Gasteiger partial charge in [-0.25, -0.2) is 9.48 Å². The van der Waals surface area contributed by atoms with Gasteiger partial charge in [-0.05, 0) is 5.56 Å². The van der Waals surface area contributed by atoms with Crippen molar-refractivity contribution in [1.82, 2.24) is 9.78 Å². The summed E-state index contributed by atoms with van der Waals surface area (Å²) in [6.45, 7) is 1.15. The number of nitrogens with zero attached hydrogens (tertiary/aromatic N) is 2. The number of benzene rings is 2. The van der Waals surface area contributed by atoms with E-state index in [4.69, 9.17) is 4.74 Å². The second-order valence-electron chi connectivity index (χ2n) is 7.21. The molecule has 1 N–H and O–H groups in total. The van der Waals surface area contributed by atoms with Gasteiger partial charge in [-0.2, -0.15) is 5.10 Å². The molecular weight excluding hydrogens is 402 g/mol. The van der Waals surface area contributed by atoms with E-state index >= 15 is 0 Å². The van der Waals surface area contributed by atoms with E-state index in [0.29, 0.717) is 11.3 Å². The van der Waals surface area contributed by atoms with E-state index in [1.54, 1.807) is 7.05 Å². The van der Waals surface area contributed by atoms with Gasteiger partial charge in [0.2, 0.25) is 0 Å². The molecule has 3 rings (SSSR count). The van der Waals surface area contributed by atoms with Crippen LogP contribution in [0.1, 0.15) is 16.8 Å². The van der Waals surface area contributed by atoms with Crippen molar-refractivity contribution in [2.75, 3.05) is 27.2 Å². The molecule has 0 amide bonds. The van der Waals surface area contributed by atoms with Gasteiger partial charge in [0.05, 0.1) is 32.9 Å². The molecule has 0 aliphatic rings. The Bertz CT molecular complexity index is 1030. The number of aryl methyl sites for hydroxylation is 1. The highest BCUT2D eigenvalue weighted by atomic mass is 35.5. The largest absolute Gasteiger partial charge is 1.00 e. The van der Waals surface area contributed by atoms with Crippen LogP contribution >= 0.6 is 0 Å². The summed E-state index contributed by atoms with van der Waals surface area (Å²) < 4.78 is 6.68. The molecule has 0 unspecified atom stereocenters. The van der Waals surface area contributed by atoms with Crippen molar-refractivity contribution < 1.29 is 26.8 Å². The van der Waals surface area contributed by atoms with E-state index in [-0.39, 0.29) is 24.6 Å². The van der Waals surface area contributed by atoms with Gasteiger partial charge in [0, 0.05) is 24.6 Å². The molecule has 7 heteroatoms. The van der Waals surface area contributed by atoms with Gasteiger partial charge in [0.25, 0.3) is 5.56 Å². The van der Waals surface area contributed by atoms with Crippen LogP contribution in [-0.2, 0) is 11.8 Å². The molecule has 6 nitrogen and oxygen atoms in total. The first-order chi connectivity index (χ1) is 14.0. The molecular formula is C23H26ClN3O3. The lowest BCUT2D eigenvalue weighted by Gasteiger charge is -2.15. The van der Waals surface area contributed by atoms with Crippen molar-refractivity contribution in [2.45, 2.75) is 6.42 Å². The Labute approximate surface area is 182 Å². The summed E-state index contributed by atoms with van der Waals surface area (Å²) in [6, 6.07) is 18.9. The molecule has 0 saturated carbocycles. The average molecular weight is 428 g/mol. The number of hydrogen-bond acceptors (Lipinski definition) is 4. The topological polar surface area (TPSA) is 65.6 Å². The number of esters is 1. The summed E-state index contributed by atoms with van der Waals surface area (Å²) in [5, 5.41) is 4.48. The van der Waals surface area contributed by atoms with Gasteiger partial charge in [-0.15, -0.1) is 0 Å². The van der Waals surface area contributed by atoms with Crippen LogP contribution in [-0.4, -0.2) is 43.0 Å². The molecule has 1 heterocycles. The summed E-state index contributed by atoms with van der Waals surface area (Å²) in [5.41, 5.74) is 2.21. The minimum absolute atomic E-state index is 0. The molecule has 158 valence electrons. The molecule has 2 aromatic carbocycles. The van der Waals surface area contributed by atoms with Crippen molar-refractivity contribution in [2.24, 2.45) is 7.05 Å². The van der Waals surface area contributed by atoms with E-state index in [9.17, 15) is 9.59 Å². The molecule has 0 spiro atoms. The van der Waals surface area contributed by atoms with Crippen molar-refractivity contribution in [3.8, 4) is 22.4 Å². The highest BCUT2D eigenvalue weighted by Gasteiger charge is 2.25. The van der Waals surface area contributed by atoms with Crippen LogP contribution in [0.25, 0.3) is 22.4 Å². The molecule has 0 aliphatic carbocycles. The standard InChI is InChI=1S/C23H25N3O3.ClH/c1-25(2)15-10-16-29-23(28)20-19(17-11-6-4-7-12-17)21(24-26(3)22(20)27)18-13-8-5-9-14-18;/h4-9,11-14H,10,15-16H2,1-3H3;1H. The van der Waals surface area contributed by atoms with Crippen molar-refractivity contribution in [3.05, 3.63) is 76.6 Å². The Morgan fingerprint density at radius 3 is 2.13 bits per heavy atom. The number of halogens is 1. The molecule has 0 bridgehead atoms. The predicted molar refractivity (Wildman–Crippen MR) is 113 cm³/mol. The van der Waals surface area contributed by atoms with Crippen LogP contribution in [0.5, 0.6) is 0 Å². The third-order valence-electron chi connectivity index (χ3n) is 4.61. The van der Waals surface area contributed by atoms with Gasteiger partial charge in [-0.3, -0.25) is 4.79 Å². The van der Waals surface area contributed by atoms with Gasteiger partial charge in [0.15, 0.2) is 0 Å². The predicted octanol–water partition coefficient (Wildman–Crippen LogP) is -1.19. The minimum Gasteiger partial charge on any atom is -1.00 e. The number of rotatable bonds is 7. The van der Waals surface area contributed by atoms with Gasteiger partial charge < -0.3 is 22.0 Å². The molecule has 0 saturated heterocycles. The van der Waals surface area contributed by atoms with Crippen LogP contribution in [0.3, 0.4) is 0 Å². The maximum Gasteiger partial charge on any atom is 0.344 e. The van der Waals surface area contributed by atoms with Gasteiger partial charge in [0.1, 0.15) is 5.56 Å². The maximum absolute atomic E-state index is 13.0. The summed E-state index contributed by atoms with van der Waals surface area (Å²) in [4.78, 5) is 27.2. The molecule has 30 heavy (non-hydrogen) atoms. The normalized spacial score (nSPS) is 10.5. The third kappa shape index (κ3) is 5.34. The van der Waals surface area contributed by atoms with Crippen LogP contribution in [0, 0.1) is 0 Å². The summed E-state index contributed by atoms with van der Waals surface area (Å²) in [6.07, 6.45) is 0.728. The second kappa shape index (κ2) is 10.7. The molecule has 0 fully saturated rings. The van der Waals surface area contributed by atoms with E-state index in [1.165, 1.54) is 9.58 Å². The lowest BCUT2D eigenvalue weighted by Crippen LogP contribution is -3.05. The number of aromatic nitrogens is 2. The lowest BCUT2D eigenvalue weighted by atomic mass is 9.95. The zero-order valence-electron chi connectivity index (χ0n) is 17.4. The Balaban J connectivity index is 0.00000320. The monoisotopic (exact) mass is 427 g/mol. The van der Waals surface area contributed by atoms with Crippen molar-refractivity contribution in [3.63, 3.8) is 0 Å². The number of quaternary nitrogens is 1. The molecule has 3 aromatic rings. The lowest BCUT2D eigenvalue weighted by molar-refractivity contribution is -0.858. The fourth-order valence-corrected chi connectivity index (χ4v) is 3.17. The summed E-state index contributed by atoms with van der Waals surface area (Å²) in [5.74, 6) is -0.613. The highest BCUT2D eigenvalue weighted by Crippen LogP contribution is 2.32. The highest BCUT2D eigenvalue weighted by molar-refractivity contribution is 6.00. The molecule has 1 aromatic heterocycles. The summed E-state index contributed by atoms with van der Waals surface area (Å²) >= 11 is 0. The van der Waals surface area contributed by atoms with Crippen molar-refractivity contribution in [1.29, 1.82) is 0 Å². The molecule has 0 aliphatic heterocycles. The number of hydrogen-bond donors (Lipinski definition) is 1. The first kappa shape index (κ1) is 23.3. The molecule has 0 atom stereocenters. The first-order valence-electron chi connectivity index (χ1n) is 9.67. The fourth-order valence-electron chi connectivity index (χ4n) is 3.17. The Kier molecular flexibility index (Phi) is 8.33. The quantitative estimate of drug-likeness (QED) is 0.380. The SMILES string of the molecule is Cn1nc(-c2ccccc2)c(-c2ccccc2)c(C(=O)OCCC[NH+](C)C)c1=O.[Cl-]. The number of ether oxygens (including phenoxy) is 1. The minimum atomic E-state index is -0.613. The van der Waals surface area contributed by atoms with Gasteiger partial charge in [-0.1, -0.05) is 60.7 Å². The Morgan fingerprint density at radius 1 is 1.00 bits per heavy atom. The fraction of sp³-hybridized carbons (Fsp3) is 0.261. The maximum atomic E-state index is 13.0. The number of nitrogens with one attached hydrogen (secondary N) is 1. The van der Waals surface area contributed by atoms with E-state index in [1.807, 2.05) is 74.8 Å². The van der Waals surface area contributed by atoms with E-state index in [0.717, 1.165) is 24.1 Å². The number of carbonyl (C=O) groups is 1. The molecule has 0 radical (unpaired) electrons. The van der Waals surface area contributed by atoms with E-state index in [2.05, 4.69) is 5.10 Å². The second-order valence-corrected chi connectivity index (χ2v) is 7.21. The van der Waals surface area contributed by atoms with Crippen molar-refractivity contribution >= 4 is 5.97 Å². The number of carbonyl (C=O) groups excluding carboxylic acids is 1. The summed E-state index contributed by atoms with van der Waals surface area (Å²) in [7, 11) is 5.63. The van der Waals surface area contributed by atoms with Crippen LogP contribution < -0.4 is 22.9 Å². The van der Waals surface area contributed by atoms with Crippen LogP contribution in [0.15, 0.2) is 65.5 Å². The zero-order valence-corrected chi connectivity index (χ0v) is 18.1. The Hall–Kier alpha value is -2.96. The van der Waals surface area contributed by atoms with Gasteiger partial charge >= 0.3 is 5.97 Å². The van der Waals surface area contributed by atoms with E-state index < -0.39 is 11.5 Å². The Morgan fingerprint density at radius 2 is 1.57 bits per heavy atom. The zero-order chi connectivity index (χ0) is 20.8. The average Bonchev–Trinajstić information content (AvgIpc) is 2.73.